The van der Waals surface area contributed by atoms with Gasteiger partial charge in [0.05, 0.1) is 12.3 Å². The van der Waals surface area contributed by atoms with Gasteiger partial charge in [-0.05, 0) is 12.1 Å². The third-order valence-electron chi connectivity index (χ3n) is 2.29. The molecule has 0 saturated carbocycles. The summed E-state index contributed by atoms with van der Waals surface area (Å²) >= 11 is 11.8. The topological polar surface area (TPSA) is 22.1 Å². The van der Waals surface area contributed by atoms with Gasteiger partial charge in [0.25, 0.3) is 0 Å². The lowest BCUT2D eigenvalue weighted by molar-refractivity contribution is 0.181. The average Bonchev–Trinajstić information content (AvgIpc) is 2.74. The van der Waals surface area contributed by atoms with Crippen LogP contribution in [0.2, 0.25) is 5.02 Å². The Morgan fingerprint density at radius 2 is 2.06 bits per heavy atom. The Balaban J connectivity index is 2.35. The summed E-state index contributed by atoms with van der Waals surface area (Å²) < 4.78 is 5.13. The number of thiazole rings is 1. The van der Waals surface area contributed by atoms with Crippen LogP contribution in [0.3, 0.4) is 0 Å². The van der Waals surface area contributed by atoms with Gasteiger partial charge in [0, 0.05) is 28.3 Å². The Hall–Kier alpha value is -0.550. The predicted octanol–water partition coefficient (Wildman–Crippen LogP) is 4.04. The summed E-state index contributed by atoms with van der Waals surface area (Å²) in [6.45, 7) is 0.528. The van der Waals surface area contributed by atoms with Crippen LogP contribution < -0.4 is 0 Å². The molecule has 1 aromatic carbocycles. The van der Waals surface area contributed by atoms with E-state index in [0.29, 0.717) is 12.4 Å². The first kappa shape index (κ1) is 12.9. The Labute approximate surface area is 115 Å². The molecule has 2 nitrogen and oxygen atoms in total. The standard InChI is InChI=1S/C12H12ClNOS2/c1-15-6-10-11(7-16)17-12(14-10)8-2-4-9(13)5-3-8/h2-5,16H,6-7H2,1H3. The highest BCUT2D eigenvalue weighted by molar-refractivity contribution is 7.79. The first-order valence-corrected chi connectivity index (χ1v) is 6.91. The van der Waals surface area contributed by atoms with Crippen LogP contribution in [0.5, 0.6) is 0 Å². The second-order valence-corrected chi connectivity index (χ2v) is 5.32. The molecule has 0 unspecified atom stereocenters. The lowest BCUT2D eigenvalue weighted by Crippen LogP contribution is -1.91. The Bertz CT molecular complexity index is 496. The molecule has 0 aliphatic rings. The summed E-state index contributed by atoms with van der Waals surface area (Å²) in [5.74, 6) is 0.684. The predicted molar refractivity (Wildman–Crippen MR) is 76.0 cm³/mol. The fourth-order valence-corrected chi connectivity index (χ4v) is 2.90. The first-order chi connectivity index (χ1) is 8.24. The van der Waals surface area contributed by atoms with E-state index in [1.165, 1.54) is 0 Å². The van der Waals surface area contributed by atoms with Crippen molar-refractivity contribution in [1.82, 2.24) is 4.98 Å². The zero-order valence-corrected chi connectivity index (χ0v) is 11.8. The molecule has 0 fully saturated rings. The highest BCUT2D eigenvalue weighted by atomic mass is 35.5. The average molecular weight is 286 g/mol. The van der Waals surface area contributed by atoms with Crippen molar-refractivity contribution in [2.75, 3.05) is 7.11 Å². The summed E-state index contributed by atoms with van der Waals surface area (Å²) in [7, 11) is 1.67. The minimum absolute atomic E-state index is 0.528. The molecule has 0 atom stereocenters. The third kappa shape index (κ3) is 3.01. The molecule has 2 aromatic rings. The lowest BCUT2D eigenvalue weighted by atomic mass is 10.2. The van der Waals surface area contributed by atoms with E-state index in [9.17, 15) is 0 Å². The maximum absolute atomic E-state index is 5.86. The minimum atomic E-state index is 0.528. The highest BCUT2D eigenvalue weighted by Gasteiger charge is 2.11. The van der Waals surface area contributed by atoms with Crippen molar-refractivity contribution >= 4 is 35.6 Å². The van der Waals surface area contributed by atoms with E-state index >= 15 is 0 Å². The van der Waals surface area contributed by atoms with Crippen LogP contribution in [0, 0.1) is 0 Å². The van der Waals surface area contributed by atoms with Crippen molar-refractivity contribution in [3.8, 4) is 10.6 Å². The van der Waals surface area contributed by atoms with Gasteiger partial charge < -0.3 is 4.74 Å². The van der Waals surface area contributed by atoms with Gasteiger partial charge in [0.2, 0.25) is 0 Å². The van der Waals surface area contributed by atoms with Crippen LogP contribution in [-0.4, -0.2) is 12.1 Å². The lowest BCUT2D eigenvalue weighted by Gasteiger charge is -1.96. The maximum Gasteiger partial charge on any atom is 0.124 e. The van der Waals surface area contributed by atoms with Crippen LogP contribution in [-0.2, 0) is 17.1 Å². The van der Waals surface area contributed by atoms with E-state index < -0.39 is 0 Å². The zero-order valence-electron chi connectivity index (χ0n) is 9.31. The van der Waals surface area contributed by atoms with Gasteiger partial charge in [-0.3, -0.25) is 0 Å². The summed E-state index contributed by atoms with van der Waals surface area (Å²) in [4.78, 5) is 5.73. The number of aromatic nitrogens is 1. The maximum atomic E-state index is 5.86. The van der Waals surface area contributed by atoms with E-state index in [4.69, 9.17) is 16.3 Å². The molecule has 0 bridgehead atoms. The fraction of sp³-hybridized carbons (Fsp3) is 0.250. The summed E-state index contributed by atoms with van der Waals surface area (Å²) in [5, 5.41) is 1.72. The largest absolute Gasteiger partial charge is 0.378 e. The van der Waals surface area contributed by atoms with Crippen molar-refractivity contribution in [2.24, 2.45) is 0 Å². The van der Waals surface area contributed by atoms with Crippen molar-refractivity contribution in [3.63, 3.8) is 0 Å². The number of thiol groups is 1. The van der Waals surface area contributed by atoms with Crippen LogP contribution in [0.1, 0.15) is 10.6 Å². The van der Waals surface area contributed by atoms with Gasteiger partial charge in [-0.15, -0.1) is 11.3 Å². The number of methoxy groups -OCH3 is 1. The minimum Gasteiger partial charge on any atom is -0.378 e. The second-order valence-electron chi connectivity index (χ2n) is 3.49. The highest BCUT2D eigenvalue weighted by Crippen LogP contribution is 2.30. The van der Waals surface area contributed by atoms with Gasteiger partial charge in [-0.2, -0.15) is 12.6 Å². The molecular weight excluding hydrogens is 274 g/mol. The molecule has 0 aliphatic carbocycles. The first-order valence-electron chi connectivity index (χ1n) is 5.09. The van der Waals surface area contributed by atoms with Crippen molar-refractivity contribution in [2.45, 2.75) is 12.4 Å². The zero-order chi connectivity index (χ0) is 12.3. The van der Waals surface area contributed by atoms with Gasteiger partial charge in [-0.25, -0.2) is 4.98 Å². The van der Waals surface area contributed by atoms with Crippen LogP contribution in [0.15, 0.2) is 24.3 Å². The summed E-state index contributed by atoms with van der Waals surface area (Å²) in [5.41, 5.74) is 2.04. The van der Waals surface area contributed by atoms with Gasteiger partial charge in [-0.1, -0.05) is 23.7 Å². The molecule has 0 amide bonds. The van der Waals surface area contributed by atoms with E-state index in [1.807, 2.05) is 24.3 Å². The van der Waals surface area contributed by atoms with Crippen molar-refractivity contribution in [1.29, 1.82) is 0 Å². The quantitative estimate of drug-likeness (QED) is 0.857. The number of ether oxygens (including phenoxy) is 1. The number of benzene rings is 1. The van der Waals surface area contributed by atoms with Crippen LogP contribution in [0.25, 0.3) is 10.6 Å². The van der Waals surface area contributed by atoms with E-state index in [0.717, 1.165) is 26.2 Å². The van der Waals surface area contributed by atoms with E-state index in [-0.39, 0.29) is 0 Å². The van der Waals surface area contributed by atoms with Gasteiger partial charge in [0.15, 0.2) is 0 Å². The van der Waals surface area contributed by atoms with E-state index in [1.54, 1.807) is 18.4 Å². The molecule has 0 spiro atoms. The van der Waals surface area contributed by atoms with Crippen LogP contribution >= 0.6 is 35.6 Å². The smallest absolute Gasteiger partial charge is 0.124 e. The SMILES string of the molecule is COCc1nc(-c2ccc(Cl)cc2)sc1CS. The van der Waals surface area contributed by atoms with E-state index in [2.05, 4.69) is 17.6 Å². The molecule has 0 radical (unpaired) electrons. The molecule has 0 N–H and O–H groups in total. The number of rotatable bonds is 4. The fourth-order valence-electron chi connectivity index (χ4n) is 1.47. The summed E-state index contributed by atoms with van der Waals surface area (Å²) in [6, 6.07) is 7.68. The molecule has 1 aromatic heterocycles. The number of hydrogen-bond donors (Lipinski definition) is 1. The molecular formula is C12H12ClNOS2. The Morgan fingerprint density at radius 3 is 2.65 bits per heavy atom. The molecule has 90 valence electrons. The number of halogens is 1. The molecule has 0 saturated heterocycles. The summed E-state index contributed by atoms with van der Waals surface area (Å²) in [6.07, 6.45) is 0. The van der Waals surface area contributed by atoms with Crippen LogP contribution in [0.4, 0.5) is 0 Å². The monoisotopic (exact) mass is 285 g/mol. The Kier molecular flexibility index (Phi) is 4.45. The van der Waals surface area contributed by atoms with Crippen molar-refractivity contribution < 1.29 is 4.74 Å². The number of nitrogens with zero attached hydrogens (tertiary/aromatic N) is 1. The van der Waals surface area contributed by atoms with Gasteiger partial charge >= 0.3 is 0 Å². The molecule has 2 rings (SSSR count). The molecule has 17 heavy (non-hydrogen) atoms. The Morgan fingerprint density at radius 1 is 1.35 bits per heavy atom. The van der Waals surface area contributed by atoms with Gasteiger partial charge in [0.1, 0.15) is 5.01 Å². The molecule has 5 heteroatoms. The normalized spacial score (nSPS) is 10.8. The third-order valence-corrected chi connectivity index (χ3v) is 4.22. The van der Waals surface area contributed by atoms with Crippen molar-refractivity contribution in [3.05, 3.63) is 39.9 Å². The second kappa shape index (κ2) is 5.87. The molecule has 1 heterocycles. The molecule has 0 aliphatic heterocycles. The number of hydrogen-bond acceptors (Lipinski definition) is 4.